The summed E-state index contributed by atoms with van der Waals surface area (Å²) < 4.78 is 6.48. The molecule has 7 aromatic carbocycles. The molecule has 4 aliphatic carbocycles. The van der Waals surface area contributed by atoms with Gasteiger partial charge < -0.3 is 9.32 Å². The highest BCUT2D eigenvalue weighted by Gasteiger charge is 2.57. The number of benzene rings is 7. The molecular formula is C53H43NO. The van der Waals surface area contributed by atoms with E-state index in [-0.39, 0.29) is 5.41 Å². The van der Waals surface area contributed by atoms with Crippen LogP contribution in [-0.4, -0.2) is 0 Å². The van der Waals surface area contributed by atoms with E-state index in [9.17, 15) is 0 Å². The van der Waals surface area contributed by atoms with Gasteiger partial charge in [-0.3, -0.25) is 0 Å². The topological polar surface area (TPSA) is 16.4 Å². The Balaban J connectivity index is 1.04. The second kappa shape index (κ2) is 12.1. The highest BCUT2D eigenvalue weighted by Crippen LogP contribution is 2.66. The Hall–Kier alpha value is -5.86. The zero-order chi connectivity index (χ0) is 36.1. The number of hydrogen-bond acceptors (Lipinski definition) is 2. The first kappa shape index (κ1) is 31.5. The maximum Gasteiger partial charge on any atom is 0.143 e. The van der Waals surface area contributed by atoms with Crippen molar-refractivity contribution in [3.8, 4) is 33.4 Å². The Morgan fingerprint density at radius 1 is 0.491 bits per heavy atom. The number of rotatable bonds is 5. The summed E-state index contributed by atoms with van der Waals surface area (Å²) in [5.74, 6) is 3.35. The highest BCUT2D eigenvalue weighted by molar-refractivity contribution is 6.09. The van der Waals surface area contributed by atoms with Gasteiger partial charge in [-0.15, -0.1) is 0 Å². The lowest BCUT2D eigenvalue weighted by molar-refractivity contribution is -0.0103. The van der Waals surface area contributed by atoms with Crippen LogP contribution in [0, 0.1) is 23.7 Å². The predicted octanol–water partition coefficient (Wildman–Crippen LogP) is 14.5. The number of hydrogen-bond donors (Lipinski definition) is 0. The van der Waals surface area contributed by atoms with Crippen LogP contribution >= 0.6 is 0 Å². The largest absolute Gasteiger partial charge is 0.455 e. The van der Waals surface area contributed by atoms with Crippen molar-refractivity contribution < 1.29 is 4.42 Å². The van der Waals surface area contributed by atoms with Crippen LogP contribution in [0.3, 0.4) is 0 Å². The van der Waals surface area contributed by atoms with Crippen LogP contribution in [0.25, 0.3) is 55.3 Å². The molecule has 1 aromatic heterocycles. The number of fused-ring (bicyclic) bond motifs is 11. The third-order valence-electron chi connectivity index (χ3n) is 14.2. The van der Waals surface area contributed by atoms with Crippen molar-refractivity contribution in [3.63, 3.8) is 0 Å². The molecule has 266 valence electrons. The molecule has 1 heterocycles. The van der Waals surface area contributed by atoms with Crippen LogP contribution in [0.5, 0.6) is 0 Å². The molecule has 0 radical (unpaired) electrons. The monoisotopic (exact) mass is 709 g/mol. The molecule has 3 fully saturated rings. The van der Waals surface area contributed by atoms with Gasteiger partial charge in [-0.25, -0.2) is 0 Å². The van der Waals surface area contributed by atoms with Crippen LogP contribution < -0.4 is 4.90 Å². The fourth-order valence-electron chi connectivity index (χ4n) is 12.0. The lowest BCUT2D eigenvalue weighted by atomic mass is 9.47. The van der Waals surface area contributed by atoms with Gasteiger partial charge in [0.15, 0.2) is 0 Å². The van der Waals surface area contributed by atoms with Gasteiger partial charge in [-0.2, -0.15) is 0 Å². The fraction of sp³-hybridized carbons (Fsp3) is 0.208. The van der Waals surface area contributed by atoms with E-state index in [4.69, 9.17) is 4.42 Å². The lowest BCUT2D eigenvalue weighted by Gasteiger charge is -2.57. The van der Waals surface area contributed by atoms with Crippen molar-refractivity contribution >= 4 is 39.0 Å². The average molecular weight is 710 g/mol. The summed E-state index contributed by atoms with van der Waals surface area (Å²) in [7, 11) is 0. The van der Waals surface area contributed by atoms with Crippen molar-refractivity contribution in [2.24, 2.45) is 23.7 Å². The van der Waals surface area contributed by atoms with Gasteiger partial charge in [0.25, 0.3) is 0 Å². The van der Waals surface area contributed by atoms with Crippen molar-refractivity contribution in [2.45, 2.75) is 43.9 Å². The minimum absolute atomic E-state index is 0.0853. The first-order chi connectivity index (χ1) is 27.2. The summed E-state index contributed by atoms with van der Waals surface area (Å²) in [5, 5.41) is 2.31. The number of anilines is 3. The molecule has 8 aromatic rings. The molecule has 5 atom stereocenters. The molecule has 55 heavy (non-hydrogen) atoms. The fourth-order valence-corrected chi connectivity index (χ4v) is 12.0. The van der Waals surface area contributed by atoms with Crippen molar-refractivity contribution in [1.29, 1.82) is 0 Å². The highest BCUT2D eigenvalue weighted by atomic mass is 16.3. The van der Waals surface area contributed by atoms with Crippen LogP contribution in [0.4, 0.5) is 17.1 Å². The standard InChI is InChI=1S/C53H43NO/c1-2-11-35(12-3-1)42-13-5-8-19-50(42)54(40-25-23-36(24-26-40)43-16-10-17-47-46-15-6-9-20-51(46)55-52(43)47)41-27-28-45-44-14-4-7-18-48(44)53(49(45)32-41)33-37-22-21-34-29-38(37)31-39(53)30-34/h1-20,23-28,32,34,37-39H,21-22,29-31,33H2. The molecule has 2 heteroatoms. The van der Waals surface area contributed by atoms with Crippen LogP contribution in [0.2, 0.25) is 0 Å². The molecule has 1 spiro atoms. The number of furan rings is 1. The molecule has 4 aliphatic rings. The Morgan fingerprint density at radius 3 is 2.11 bits per heavy atom. The van der Waals surface area contributed by atoms with Crippen molar-refractivity contribution in [1.82, 2.24) is 0 Å². The van der Waals surface area contributed by atoms with Gasteiger partial charge in [0.2, 0.25) is 0 Å². The smallest absolute Gasteiger partial charge is 0.143 e. The van der Waals surface area contributed by atoms with Crippen molar-refractivity contribution in [3.05, 3.63) is 175 Å². The van der Waals surface area contributed by atoms with Gasteiger partial charge in [0.1, 0.15) is 11.2 Å². The Bertz CT molecular complexity index is 2760. The molecular weight excluding hydrogens is 667 g/mol. The van der Waals surface area contributed by atoms with E-state index in [2.05, 4.69) is 163 Å². The van der Waals surface area contributed by atoms with Gasteiger partial charge in [0, 0.05) is 38.7 Å². The van der Waals surface area contributed by atoms with Gasteiger partial charge >= 0.3 is 0 Å². The second-order valence-electron chi connectivity index (χ2n) is 16.9. The molecule has 12 rings (SSSR count). The minimum Gasteiger partial charge on any atom is -0.455 e. The number of nitrogens with zero attached hydrogens (tertiary/aromatic N) is 1. The second-order valence-corrected chi connectivity index (χ2v) is 16.9. The minimum atomic E-state index is 0.0853. The SMILES string of the molecule is c1ccc(-c2ccccc2N(c2ccc(-c3cccc4c3oc3ccccc34)cc2)c2ccc3c(c2)C2(CC4CCC5CC4CC2C5)c2ccccc2-3)cc1. The van der Waals surface area contributed by atoms with E-state index in [1.165, 1.54) is 72.2 Å². The van der Waals surface area contributed by atoms with E-state index in [1.54, 1.807) is 11.1 Å². The van der Waals surface area contributed by atoms with E-state index < -0.39 is 0 Å². The maximum atomic E-state index is 6.48. The predicted molar refractivity (Wildman–Crippen MR) is 227 cm³/mol. The summed E-state index contributed by atoms with van der Waals surface area (Å²) in [5.41, 5.74) is 16.3. The summed E-state index contributed by atoms with van der Waals surface area (Å²) in [6.45, 7) is 0. The van der Waals surface area contributed by atoms with E-state index in [1.807, 2.05) is 6.07 Å². The normalized spacial score (nSPS) is 23.3. The Morgan fingerprint density at radius 2 is 1.20 bits per heavy atom. The van der Waals surface area contributed by atoms with Gasteiger partial charge in [-0.05, 0) is 126 Å². The number of para-hydroxylation sites is 3. The van der Waals surface area contributed by atoms with Crippen LogP contribution in [0.1, 0.15) is 49.7 Å². The molecule has 3 bridgehead atoms. The molecule has 5 unspecified atom stereocenters. The van der Waals surface area contributed by atoms with E-state index in [0.29, 0.717) is 5.92 Å². The molecule has 2 nitrogen and oxygen atoms in total. The Kier molecular flexibility index (Phi) is 6.91. The summed E-state index contributed by atoms with van der Waals surface area (Å²) in [6.07, 6.45) is 8.38. The molecule has 0 N–H and O–H groups in total. The van der Waals surface area contributed by atoms with Crippen LogP contribution in [-0.2, 0) is 5.41 Å². The van der Waals surface area contributed by atoms with E-state index >= 15 is 0 Å². The van der Waals surface area contributed by atoms with Crippen LogP contribution in [0.15, 0.2) is 168 Å². The molecule has 3 saturated carbocycles. The lowest BCUT2D eigenvalue weighted by Crippen LogP contribution is -2.50. The molecule has 0 saturated heterocycles. The zero-order valence-corrected chi connectivity index (χ0v) is 31.0. The summed E-state index contributed by atoms with van der Waals surface area (Å²) >= 11 is 0. The zero-order valence-electron chi connectivity index (χ0n) is 31.0. The quantitative estimate of drug-likeness (QED) is 0.177. The maximum absolute atomic E-state index is 6.48. The third-order valence-corrected chi connectivity index (χ3v) is 14.2. The first-order valence-corrected chi connectivity index (χ1v) is 20.4. The average Bonchev–Trinajstić information content (AvgIpc) is 3.76. The molecule has 0 aliphatic heterocycles. The van der Waals surface area contributed by atoms with E-state index in [0.717, 1.165) is 56.5 Å². The third kappa shape index (κ3) is 4.67. The van der Waals surface area contributed by atoms with Gasteiger partial charge in [-0.1, -0.05) is 134 Å². The first-order valence-electron chi connectivity index (χ1n) is 20.4. The molecule has 0 amide bonds. The summed E-state index contributed by atoms with van der Waals surface area (Å²) in [6, 6.07) is 60.7. The Labute approximate surface area is 323 Å². The van der Waals surface area contributed by atoms with Crippen molar-refractivity contribution in [2.75, 3.05) is 4.90 Å². The summed E-state index contributed by atoms with van der Waals surface area (Å²) in [4.78, 5) is 2.52. The van der Waals surface area contributed by atoms with Gasteiger partial charge in [0.05, 0.1) is 5.69 Å².